The van der Waals surface area contributed by atoms with E-state index >= 15 is 4.39 Å². The van der Waals surface area contributed by atoms with Gasteiger partial charge in [-0.15, -0.1) is 0 Å². The topological polar surface area (TPSA) is 70.0 Å². The lowest BCUT2D eigenvalue weighted by atomic mass is 9.88. The molecule has 0 amide bonds. The van der Waals surface area contributed by atoms with Crippen molar-refractivity contribution in [2.24, 2.45) is 0 Å². The maximum Gasteiger partial charge on any atom is 0.138 e. The molecule has 0 aliphatic carbocycles. The van der Waals surface area contributed by atoms with Gasteiger partial charge in [-0.1, -0.05) is 36.4 Å². The van der Waals surface area contributed by atoms with Crippen LogP contribution in [0.5, 0.6) is 5.75 Å². The van der Waals surface area contributed by atoms with Gasteiger partial charge in [0.1, 0.15) is 29.3 Å². The van der Waals surface area contributed by atoms with Crippen LogP contribution in [0.1, 0.15) is 41.8 Å². The second-order valence-corrected chi connectivity index (χ2v) is 10.9. The molecule has 1 fully saturated rings. The molecule has 0 saturated carbocycles. The third-order valence-electron chi connectivity index (χ3n) is 8.24. The molecule has 41 heavy (non-hydrogen) atoms. The van der Waals surface area contributed by atoms with E-state index < -0.39 is 17.7 Å². The molecule has 206 valence electrons. The highest BCUT2D eigenvalue weighted by Crippen LogP contribution is 2.35. The Balaban J connectivity index is 1.29. The summed E-state index contributed by atoms with van der Waals surface area (Å²) in [4.78, 5) is 10.3. The number of likely N-dealkylation sites (tertiary alicyclic amines) is 1. The van der Waals surface area contributed by atoms with Crippen LogP contribution in [0.2, 0.25) is 0 Å². The highest BCUT2D eigenvalue weighted by molar-refractivity contribution is 5.85. The summed E-state index contributed by atoms with van der Waals surface area (Å²) >= 11 is 0. The number of para-hydroxylation sites is 2. The van der Waals surface area contributed by atoms with Crippen LogP contribution >= 0.6 is 0 Å². The Morgan fingerprint density at radius 1 is 0.902 bits per heavy atom. The minimum absolute atomic E-state index is 0.109. The van der Waals surface area contributed by atoms with Gasteiger partial charge in [0.15, 0.2) is 0 Å². The van der Waals surface area contributed by atoms with Crippen LogP contribution in [0.3, 0.4) is 0 Å². The average molecular weight is 550 g/mol. The molecule has 6 nitrogen and oxygen atoms in total. The Hall–Kier alpha value is -4.56. The number of rotatable bonds is 5. The zero-order chi connectivity index (χ0) is 28.1. The molecule has 6 aromatic rings. The lowest BCUT2D eigenvalue weighted by Crippen LogP contribution is -2.29. The molecule has 0 bridgehead atoms. The zero-order valence-corrected chi connectivity index (χ0v) is 22.6. The van der Waals surface area contributed by atoms with Gasteiger partial charge in [0.25, 0.3) is 0 Å². The highest BCUT2D eigenvalue weighted by Gasteiger charge is 2.26. The maximum absolute atomic E-state index is 15.5. The normalized spacial score (nSPS) is 15.6. The number of piperidine rings is 1. The fraction of sp³-hybridized carbons (Fsp3) is 0.212. The average Bonchev–Trinajstić information content (AvgIpc) is 3.60. The second-order valence-electron chi connectivity index (χ2n) is 10.9. The van der Waals surface area contributed by atoms with Crippen molar-refractivity contribution < 1.29 is 13.9 Å². The number of fused-ring (bicyclic) bond motifs is 2. The van der Waals surface area contributed by atoms with E-state index in [1.54, 1.807) is 6.20 Å². The van der Waals surface area contributed by atoms with Gasteiger partial charge < -0.3 is 15.0 Å². The van der Waals surface area contributed by atoms with Crippen LogP contribution in [0.15, 0.2) is 85.1 Å². The van der Waals surface area contributed by atoms with E-state index in [1.807, 2.05) is 42.5 Å². The van der Waals surface area contributed by atoms with Gasteiger partial charge in [-0.2, -0.15) is 5.10 Å². The molecule has 1 saturated heterocycles. The summed E-state index contributed by atoms with van der Waals surface area (Å²) < 4.78 is 31.5. The number of aromatic amines is 1. The fourth-order valence-corrected chi connectivity index (χ4v) is 5.95. The van der Waals surface area contributed by atoms with Gasteiger partial charge in [-0.25, -0.2) is 13.8 Å². The number of benzene rings is 4. The first-order valence-electron chi connectivity index (χ1n) is 13.8. The van der Waals surface area contributed by atoms with Crippen molar-refractivity contribution in [1.29, 1.82) is 0 Å². The summed E-state index contributed by atoms with van der Waals surface area (Å²) in [5, 5.41) is 15.8. The number of phenolic OH excluding ortho intramolecular Hbond substituents is 1. The first-order chi connectivity index (χ1) is 19.9. The lowest BCUT2D eigenvalue weighted by Gasteiger charge is -2.29. The van der Waals surface area contributed by atoms with Gasteiger partial charge >= 0.3 is 0 Å². The largest absolute Gasteiger partial charge is 0.508 e. The van der Waals surface area contributed by atoms with Gasteiger partial charge in [0.05, 0.1) is 21.9 Å². The van der Waals surface area contributed by atoms with E-state index in [0.29, 0.717) is 22.6 Å². The number of nitrogens with one attached hydrogen (secondary N) is 1. The lowest BCUT2D eigenvalue weighted by molar-refractivity contribution is 0.255. The summed E-state index contributed by atoms with van der Waals surface area (Å²) in [7, 11) is 2.16. The third-order valence-corrected chi connectivity index (χ3v) is 8.24. The smallest absolute Gasteiger partial charge is 0.138 e. The first kappa shape index (κ1) is 25.4. The summed E-state index contributed by atoms with van der Waals surface area (Å²) in [6.07, 6.45) is 3.86. The Kier molecular flexibility index (Phi) is 6.27. The predicted molar refractivity (Wildman–Crippen MR) is 156 cm³/mol. The Bertz CT molecular complexity index is 1840. The molecule has 8 heteroatoms. The number of imidazole rings is 1. The molecule has 3 heterocycles. The minimum atomic E-state index is -0.817. The van der Waals surface area contributed by atoms with Crippen molar-refractivity contribution in [2.45, 2.75) is 24.8 Å². The number of hydrogen-bond donors (Lipinski definition) is 2. The van der Waals surface area contributed by atoms with Crippen molar-refractivity contribution in [2.75, 3.05) is 20.1 Å². The van der Waals surface area contributed by atoms with Crippen molar-refractivity contribution >= 4 is 21.9 Å². The van der Waals surface area contributed by atoms with Gasteiger partial charge in [-0.3, -0.25) is 4.68 Å². The number of hydrogen-bond acceptors (Lipinski definition) is 4. The molecular formula is C33H29F2N5O. The molecule has 7 rings (SSSR count). The Morgan fingerprint density at radius 2 is 1.68 bits per heavy atom. The van der Waals surface area contributed by atoms with Crippen LogP contribution in [0, 0.1) is 11.6 Å². The summed E-state index contributed by atoms with van der Waals surface area (Å²) in [6, 6.07) is 22.2. The monoisotopic (exact) mass is 549 g/mol. The number of aromatic hydroxyl groups is 1. The molecule has 0 radical (unpaired) electrons. The molecule has 1 aliphatic heterocycles. The van der Waals surface area contributed by atoms with E-state index in [1.165, 1.54) is 34.5 Å². The van der Waals surface area contributed by atoms with Crippen LogP contribution in [-0.2, 0) is 0 Å². The quantitative estimate of drug-likeness (QED) is 0.243. The van der Waals surface area contributed by atoms with E-state index in [2.05, 4.69) is 29.1 Å². The second kappa shape index (κ2) is 10.1. The van der Waals surface area contributed by atoms with E-state index in [0.717, 1.165) is 48.1 Å². The van der Waals surface area contributed by atoms with Crippen LogP contribution in [0.4, 0.5) is 8.78 Å². The number of halogens is 2. The first-order valence-corrected chi connectivity index (χ1v) is 13.8. The molecule has 2 aromatic heterocycles. The molecule has 1 atom stereocenters. The third kappa shape index (κ3) is 4.74. The summed E-state index contributed by atoms with van der Waals surface area (Å²) in [5.41, 5.74) is 5.18. The zero-order valence-electron chi connectivity index (χ0n) is 22.6. The van der Waals surface area contributed by atoms with Gasteiger partial charge in [0, 0.05) is 11.8 Å². The molecule has 0 spiro atoms. The number of H-pyrrole nitrogens is 1. The number of phenols is 1. The molecule has 4 aromatic carbocycles. The maximum atomic E-state index is 15.5. The molecule has 1 unspecified atom stereocenters. The molecular weight excluding hydrogens is 520 g/mol. The number of nitrogens with zero attached hydrogens (tertiary/aromatic N) is 4. The fourth-order valence-electron chi connectivity index (χ4n) is 5.95. The summed E-state index contributed by atoms with van der Waals surface area (Å²) in [6.45, 7) is 2.19. The Labute approximate surface area is 235 Å². The van der Waals surface area contributed by atoms with Crippen LogP contribution in [0.25, 0.3) is 33.1 Å². The minimum Gasteiger partial charge on any atom is -0.508 e. The molecule has 2 N–H and O–H groups in total. The van der Waals surface area contributed by atoms with Crippen LogP contribution < -0.4 is 0 Å². The van der Waals surface area contributed by atoms with Crippen molar-refractivity contribution in [3.8, 4) is 16.9 Å². The standard InChI is InChI=1S/C33H29F2N5O/c1-39-14-12-22(13-15-39)20-6-8-21(9-7-20)23-16-27(35)26-19-40(38-30(26)17-23)32(25-18-24(34)10-11-31(25)41)33-36-28-4-2-3-5-29(28)37-33/h2-11,16-19,22,32,41H,12-15H2,1H3,(H,36,37). The van der Waals surface area contributed by atoms with Crippen molar-refractivity contribution in [1.82, 2.24) is 24.6 Å². The molecule has 1 aliphatic rings. The van der Waals surface area contributed by atoms with Crippen molar-refractivity contribution in [3.63, 3.8) is 0 Å². The van der Waals surface area contributed by atoms with Crippen LogP contribution in [-0.4, -0.2) is 49.9 Å². The number of aromatic nitrogens is 4. The Morgan fingerprint density at radius 3 is 2.46 bits per heavy atom. The van der Waals surface area contributed by atoms with E-state index in [4.69, 9.17) is 10.1 Å². The van der Waals surface area contributed by atoms with E-state index in [-0.39, 0.29) is 11.3 Å². The SMILES string of the molecule is CN1CCC(c2ccc(-c3cc(F)c4cn(C(c5nc6ccccc6[nH]5)c5cc(F)ccc5O)nc4c3)cc2)CC1. The van der Waals surface area contributed by atoms with Crippen molar-refractivity contribution in [3.05, 3.63) is 114 Å². The van der Waals surface area contributed by atoms with Gasteiger partial charge in [0.2, 0.25) is 0 Å². The summed E-state index contributed by atoms with van der Waals surface area (Å²) in [5.74, 6) is -0.0281. The van der Waals surface area contributed by atoms with Gasteiger partial charge in [-0.05, 0) is 98.1 Å². The predicted octanol–water partition coefficient (Wildman–Crippen LogP) is 7.01. The highest BCUT2D eigenvalue weighted by atomic mass is 19.1. The van der Waals surface area contributed by atoms with E-state index in [9.17, 15) is 9.50 Å².